The Labute approximate surface area is 116 Å². The Hall–Kier alpha value is -2.22. The van der Waals surface area contributed by atoms with Crippen LogP contribution in [0.5, 0.6) is 0 Å². The molecule has 2 aromatic heterocycles. The molecule has 0 amide bonds. The molecule has 8 nitrogen and oxygen atoms in total. The maximum atomic E-state index is 10.2. The van der Waals surface area contributed by atoms with Gasteiger partial charge in [0.25, 0.3) is 0 Å². The summed E-state index contributed by atoms with van der Waals surface area (Å²) < 4.78 is 1.67. The zero-order valence-corrected chi connectivity index (χ0v) is 11.3. The first kappa shape index (κ1) is 12.8. The first-order chi connectivity index (χ1) is 9.53. The van der Waals surface area contributed by atoms with Crippen LogP contribution in [0.25, 0.3) is 5.95 Å². The van der Waals surface area contributed by atoms with Gasteiger partial charge in [0, 0.05) is 25.5 Å². The third kappa shape index (κ3) is 2.55. The number of aliphatic hydroxyl groups is 1. The molecule has 20 heavy (non-hydrogen) atoms. The highest BCUT2D eigenvalue weighted by molar-refractivity contribution is 5.39. The van der Waals surface area contributed by atoms with Crippen molar-refractivity contribution in [3.8, 4) is 5.95 Å². The summed E-state index contributed by atoms with van der Waals surface area (Å²) in [7, 11) is 0. The molecule has 1 aliphatic rings. The van der Waals surface area contributed by atoms with Crippen LogP contribution in [0.2, 0.25) is 0 Å². The van der Waals surface area contributed by atoms with E-state index in [0.29, 0.717) is 18.4 Å². The second kappa shape index (κ2) is 4.71. The van der Waals surface area contributed by atoms with Gasteiger partial charge in [0.05, 0.1) is 5.60 Å². The van der Waals surface area contributed by atoms with Gasteiger partial charge in [0.1, 0.15) is 6.33 Å². The number of imidazole rings is 1. The molecule has 2 aromatic rings. The van der Waals surface area contributed by atoms with E-state index in [0.717, 1.165) is 19.4 Å². The molecule has 0 spiro atoms. The summed E-state index contributed by atoms with van der Waals surface area (Å²) in [6, 6.07) is 0. The average Bonchev–Trinajstić information content (AvgIpc) is 2.90. The quantitative estimate of drug-likeness (QED) is 0.794. The van der Waals surface area contributed by atoms with Crippen molar-refractivity contribution < 1.29 is 5.11 Å². The maximum Gasteiger partial charge on any atom is 0.241 e. The highest BCUT2D eigenvalue weighted by Gasteiger charge is 2.30. The van der Waals surface area contributed by atoms with Crippen LogP contribution < -0.4 is 10.6 Å². The predicted molar refractivity (Wildman–Crippen MR) is 73.4 cm³/mol. The van der Waals surface area contributed by atoms with E-state index >= 15 is 0 Å². The summed E-state index contributed by atoms with van der Waals surface area (Å²) >= 11 is 0. The zero-order valence-electron chi connectivity index (χ0n) is 11.3. The van der Waals surface area contributed by atoms with Crippen LogP contribution >= 0.6 is 0 Å². The second-order valence-corrected chi connectivity index (χ2v) is 5.29. The number of hydrogen-bond acceptors (Lipinski definition) is 7. The Bertz CT molecular complexity index is 596. The molecule has 3 rings (SSSR count). The van der Waals surface area contributed by atoms with E-state index in [-0.39, 0.29) is 5.95 Å². The number of aromatic nitrogens is 5. The van der Waals surface area contributed by atoms with Crippen LogP contribution in [0, 0.1) is 0 Å². The molecule has 0 radical (unpaired) electrons. The lowest BCUT2D eigenvalue weighted by atomic mass is 9.95. The van der Waals surface area contributed by atoms with Crippen LogP contribution in [0.4, 0.5) is 11.9 Å². The van der Waals surface area contributed by atoms with Gasteiger partial charge in [-0.05, 0) is 19.8 Å². The fraction of sp³-hybridized carbons (Fsp3) is 0.500. The molecule has 0 aromatic carbocycles. The van der Waals surface area contributed by atoms with Gasteiger partial charge >= 0.3 is 0 Å². The number of nitrogens with two attached hydrogens (primary N) is 1. The number of nitrogens with zero attached hydrogens (tertiary/aromatic N) is 6. The number of nitrogen functional groups attached to an aromatic ring is 1. The Morgan fingerprint density at radius 1 is 1.30 bits per heavy atom. The van der Waals surface area contributed by atoms with E-state index in [1.54, 1.807) is 23.3 Å². The summed E-state index contributed by atoms with van der Waals surface area (Å²) in [5, 5.41) is 10.2. The lowest BCUT2D eigenvalue weighted by Crippen LogP contribution is -2.47. The summed E-state index contributed by atoms with van der Waals surface area (Å²) in [6.07, 6.45) is 6.65. The topological polar surface area (TPSA) is 106 Å². The number of rotatable bonds is 2. The molecule has 3 heterocycles. The molecule has 1 fully saturated rings. The third-order valence-electron chi connectivity index (χ3n) is 3.32. The third-order valence-corrected chi connectivity index (χ3v) is 3.32. The molecule has 106 valence electrons. The standard InChI is InChI=1S/C12H17N7O/c1-12(20)3-2-5-18(7-12)10-15-9(13)16-11(17-10)19-6-4-14-8-19/h4,6,8,20H,2-3,5,7H2,1H3,(H2,13,15,16,17). The van der Waals surface area contributed by atoms with Crippen molar-refractivity contribution in [3.05, 3.63) is 18.7 Å². The average molecular weight is 275 g/mol. The highest BCUT2D eigenvalue weighted by Crippen LogP contribution is 2.23. The fourth-order valence-corrected chi connectivity index (χ4v) is 2.39. The van der Waals surface area contributed by atoms with E-state index < -0.39 is 5.60 Å². The minimum Gasteiger partial charge on any atom is -0.388 e. The number of β-amino-alcohol motifs (C(OH)–C–C–N with tert-alkyl or cyclic N) is 1. The van der Waals surface area contributed by atoms with Gasteiger partial charge in [-0.3, -0.25) is 4.57 Å². The second-order valence-electron chi connectivity index (χ2n) is 5.29. The van der Waals surface area contributed by atoms with Crippen molar-refractivity contribution in [1.82, 2.24) is 24.5 Å². The number of hydrogen-bond donors (Lipinski definition) is 2. The SMILES string of the molecule is CC1(O)CCCN(c2nc(N)nc(-n3ccnc3)n2)C1. The first-order valence-electron chi connectivity index (χ1n) is 6.51. The van der Waals surface area contributed by atoms with Gasteiger partial charge in [0.15, 0.2) is 0 Å². The summed E-state index contributed by atoms with van der Waals surface area (Å²) in [6.45, 7) is 3.10. The van der Waals surface area contributed by atoms with E-state index in [1.165, 1.54) is 0 Å². The van der Waals surface area contributed by atoms with Gasteiger partial charge in [-0.1, -0.05) is 0 Å². The highest BCUT2D eigenvalue weighted by atomic mass is 16.3. The van der Waals surface area contributed by atoms with Crippen molar-refractivity contribution in [2.24, 2.45) is 0 Å². The van der Waals surface area contributed by atoms with E-state index in [1.807, 2.05) is 11.8 Å². The predicted octanol–water partition coefficient (Wildman–Crippen LogP) is -0.00930. The first-order valence-corrected chi connectivity index (χ1v) is 6.51. The normalized spacial score (nSPS) is 23.0. The van der Waals surface area contributed by atoms with Gasteiger partial charge in [-0.2, -0.15) is 15.0 Å². The van der Waals surface area contributed by atoms with Crippen LogP contribution in [-0.2, 0) is 0 Å². The van der Waals surface area contributed by atoms with Crippen molar-refractivity contribution in [2.75, 3.05) is 23.7 Å². The lowest BCUT2D eigenvalue weighted by Gasteiger charge is -2.36. The maximum absolute atomic E-state index is 10.2. The van der Waals surface area contributed by atoms with E-state index in [9.17, 15) is 5.11 Å². The monoisotopic (exact) mass is 275 g/mol. The Balaban J connectivity index is 1.94. The Morgan fingerprint density at radius 2 is 2.10 bits per heavy atom. The lowest BCUT2D eigenvalue weighted by molar-refractivity contribution is 0.0444. The van der Waals surface area contributed by atoms with Crippen molar-refractivity contribution >= 4 is 11.9 Å². The van der Waals surface area contributed by atoms with Crippen LogP contribution in [0.3, 0.4) is 0 Å². The fourth-order valence-electron chi connectivity index (χ4n) is 2.39. The van der Waals surface area contributed by atoms with Gasteiger partial charge in [-0.25, -0.2) is 4.98 Å². The molecule has 0 aliphatic carbocycles. The van der Waals surface area contributed by atoms with Crippen LogP contribution in [0.15, 0.2) is 18.7 Å². The molecule has 1 aliphatic heterocycles. The van der Waals surface area contributed by atoms with Crippen molar-refractivity contribution in [3.63, 3.8) is 0 Å². The molecule has 3 N–H and O–H groups in total. The summed E-state index contributed by atoms with van der Waals surface area (Å²) in [5.74, 6) is 1.07. The summed E-state index contributed by atoms with van der Waals surface area (Å²) in [5.41, 5.74) is 5.03. The van der Waals surface area contributed by atoms with Crippen LogP contribution in [0.1, 0.15) is 19.8 Å². The van der Waals surface area contributed by atoms with E-state index in [2.05, 4.69) is 19.9 Å². The molecule has 0 saturated carbocycles. The minimum atomic E-state index is -0.727. The number of anilines is 2. The molecule has 1 saturated heterocycles. The van der Waals surface area contributed by atoms with Gasteiger partial charge < -0.3 is 15.7 Å². The zero-order chi connectivity index (χ0) is 14.2. The Morgan fingerprint density at radius 3 is 2.80 bits per heavy atom. The largest absolute Gasteiger partial charge is 0.388 e. The molecule has 1 unspecified atom stereocenters. The van der Waals surface area contributed by atoms with Crippen LogP contribution in [-0.4, -0.2) is 48.3 Å². The van der Waals surface area contributed by atoms with Gasteiger partial charge in [0.2, 0.25) is 17.8 Å². The molecule has 0 bridgehead atoms. The molecular formula is C12H17N7O. The van der Waals surface area contributed by atoms with Gasteiger partial charge in [-0.15, -0.1) is 0 Å². The summed E-state index contributed by atoms with van der Waals surface area (Å²) in [4.78, 5) is 18.6. The van der Waals surface area contributed by atoms with Crippen molar-refractivity contribution in [2.45, 2.75) is 25.4 Å². The smallest absolute Gasteiger partial charge is 0.241 e. The molecular weight excluding hydrogens is 258 g/mol. The minimum absolute atomic E-state index is 0.156. The molecule has 8 heteroatoms. The van der Waals surface area contributed by atoms with Crippen molar-refractivity contribution in [1.29, 1.82) is 0 Å². The number of piperidine rings is 1. The molecule has 1 atom stereocenters. The Kier molecular flexibility index (Phi) is 3.01. The van der Waals surface area contributed by atoms with E-state index in [4.69, 9.17) is 5.73 Å².